The highest BCUT2D eigenvalue weighted by molar-refractivity contribution is 6.23. The Morgan fingerprint density at radius 2 is 1.10 bits per heavy atom. The van der Waals surface area contributed by atoms with Crippen molar-refractivity contribution >= 4 is 23.1 Å². The molecule has 0 unspecified atom stereocenters. The van der Waals surface area contributed by atoms with Crippen molar-refractivity contribution in [2.45, 2.75) is 27.7 Å². The molecule has 6 nitrogen and oxygen atoms in total. The van der Waals surface area contributed by atoms with E-state index in [4.69, 9.17) is 9.47 Å². The summed E-state index contributed by atoms with van der Waals surface area (Å²) in [5, 5.41) is 0. The third-order valence-electron chi connectivity index (χ3n) is 3.09. The van der Waals surface area contributed by atoms with Crippen molar-refractivity contribution in [3.63, 3.8) is 0 Å². The summed E-state index contributed by atoms with van der Waals surface area (Å²) in [6, 6.07) is 0. The highest BCUT2D eigenvalue weighted by Gasteiger charge is 2.38. The molecule has 0 fully saturated rings. The number of carbonyl (C=O) groups is 2. The summed E-state index contributed by atoms with van der Waals surface area (Å²) in [5.41, 5.74) is 2.95. The fraction of sp³-hybridized carbons (Fsp3) is 0.286. The Morgan fingerprint density at radius 3 is 1.40 bits per heavy atom. The molecule has 0 spiro atoms. The molecule has 102 valence electrons. The third kappa shape index (κ3) is 1.57. The minimum absolute atomic E-state index is 0.127. The lowest BCUT2D eigenvalue weighted by Gasteiger charge is -2.00. The zero-order valence-electron chi connectivity index (χ0n) is 11.5. The largest absolute Gasteiger partial charge is 0.401 e. The molecule has 0 amide bonds. The van der Waals surface area contributed by atoms with E-state index in [0.717, 1.165) is 11.1 Å². The van der Waals surface area contributed by atoms with Crippen molar-refractivity contribution in [2.24, 2.45) is 0 Å². The van der Waals surface area contributed by atoms with E-state index in [9.17, 15) is 9.59 Å². The first kappa shape index (κ1) is 12.5. The van der Waals surface area contributed by atoms with Crippen LogP contribution in [0.1, 0.15) is 39.1 Å². The maximum atomic E-state index is 11.8. The van der Waals surface area contributed by atoms with Gasteiger partial charge in [-0.15, -0.1) is 0 Å². The van der Waals surface area contributed by atoms with Crippen LogP contribution in [-0.4, -0.2) is 21.9 Å². The quantitative estimate of drug-likeness (QED) is 0.530. The highest BCUT2D eigenvalue weighted by atomic mass is 16.6. The molecule has 20 heavy (non-hydrogen) atoms. The molecule has 3 rings (SSSR count). The number of esters is 2. The Morgan fingerprint density at radius 1 is 0.750 bits per heavy atom. The summed E-state index contributed by atoms with van der Waals surface area (Å²) in [6.07, 6.45) is 0. The Hall–Kier alpha value is -2.50. The molecule has 1 aromatic heterocycles. The summed E-state index contributed by atoms with van der Waals surface area (Å²) in [4.78, 5) is 32.1. The van der Waals surface area contributed by atoms with Crippen molar-refractivity contribution in [1.82, 2.24) is 9.97 Å². The molecular weight excluding hydrogens is 260 g/mol. The molecule has 6 heteroatoms. The third-order valence-corrected chi connectivity index (χ3v) is 3.09. The average molecular weight is 272 g/mol. The van der Waals surface area contributed by atoms with Gasteiger partial charge in [-0.3, -0.25) is 0 Å². The minimum Gasteiger partial charge on any atom is -0.401 e. The van der Waals surface area contributed by atoms with E-state index < -0.39 is 11.9 Å². The second-order valence-electron chi connectivity index (χ2n) is 5.06. The lowest BCUT2D eigenvalue weighted by Crippen LogP contribution is -2.04. The van der Waals surface area contributed by atoms with Crippen LogP contribution in [0.5, 0.6) is 11.8 Å². The van der Waals surface area contributed by atoms with Crippen LogP contribution >= 0.6 is 0 Å². The number of carbonyl (C=O) groups excluding carboxylic acids is 2. The number of hydrogen-bond donors (Lipinski definition) is 0. The van der Waals surface area contributed by atoms with Crippen molar-refractivity contribution in [1.29, 1.82) is 0 Å². The molecule has 0 N–H and O–H groups in total. The Labute approximate surface area is 115 Å². The molecule has 0 bridgehead atoms. The maximum absolute atomic E-state index is 11.8. The fourth-order valence-electron chi connectivity index (χ4n) is 2.23. The zero-order chi connectivity index (χ0) is 14.6. The van der Waals surface area contributed by atoms with Crippen LogP contribution in [0.25, 0.3) is 11.1 Å². The van der Waals surface area contributed by atoms with Crippen LogP contribution in [0.3, 0.4) is 0 Å². The van der Waals surface area contributed by atoms with E-state index in [1.807, 2.05) is 0 Å². The van der Waals surface area contributed by atoms with E-state index in [2.05, 4.69) is 9.97 Å². The summed E-state index contributed by atoms with van der Waals surface area (Å²) < 4.78 is 10.2. The maximum Gasteiger partial charge on any atom is 0.347 e. The minimum atomic E-state index is -0.478. The van der Waals surface area contributed by atoms with Crippen LogP contribution in [0.15, 0.2) is 11.1 Å². The lowest BCUT2D eigenvalue weighted by atomic mass is 10.1. The fourth-order valence-corrected chi connectivity index (χ4v) is 2.23. The molecule has 0 saturated carbocycles. The molecule has 2 aliphatic rings. The van der Waals surface area contributed by atoms with Gasteiger partial charge in [0, 0.05) is 0 Å². The van der Waals surface area contributed by atoms with Gasteiger partial charge in [-0.05, 0) is 27.7 Å². The van der Waals surface area contributed by atoms with Crippen molar-refractivity contribution in [2.75, 3.05) is 0 Å². The Bertz CT molecular complexity index is 672. The number of rotatable bonds is 0. The van der Waals surface area contributed by atoms with E-state index in [-0.39, 0.29) is 11.8 Å². The molecule has 0 radical (unpaired) electrons. The zero-order valence-corrected chi connectivity index (χ0v) is 11.5. The van der Waals surface area contributed by atoms with Crippen LogP contribution in [0, 0.1) is 0 Å². The van der Waals surface area contributed by atoms with Gasteiger partial charge < -0.3 is 9.47 Å². The molecule has 3 heterocycles. The molecule has 1 aromatic rings. The van der Waals surface area contributed by atoms with Crippen molar-refractivity contribution in [3.05, 3.63) is 22.5 Å². The van der Waals surface area contributed by atoms with Crippen LogP contribution in [0.4, 0.5) is 0 Å². The van der Waals surface area contributed by atoms with E-state index in [0.29, 0.717) is 22.5 Å². The molecule has 0 aromatic carbocycles. The Balaban J connectivity index is 2.26. The highest BCUT2D eigenvalue weighted by Crippen LogP contribution is 2.40. The summed E-state index contributed by atoms with van der Waals surface area (Å²) in [7, 11) is 0. The number of aromatic nitrogens is 2. The number of allylic oxidation sites excluding steroid dienone is 2. The van der Waals surface area contributed by atoms with Gasteiger partial charge in [0.1, 0.15) is 11.4 Å². The normalized spacial score (nSPS) is 15.8. The monoisotopic (exact) mass is 272 g/mol. The van der Waals surface area contributed by atoms with Crippen LogP contribution in [0.2, 0.25) is 0 Å². The van der Waals surface area contributed by atoms with E-state index in [1.54, 1.807) is 27.7 Å². The van der Waals surface area contributed by atoms with Gasteiger partial charge in [0.15, 0.2) is 0 Å². The number of nitrogens with zero attached hydrogens (tertiary/aromatic N) is 2. The number of hydrogen-bond acceptors (Lipinski definition) is 6. The van der Waals surface area contributed by atoms with Crippen LogP contribution in [-0.2, 0) is 9.59 Å². The Kier molecular flexibility index (Phi) is 2.50. The molecule has 0 atom stereocenters. The summed E-state index contributed by atoms with van der Waals surface area (Å²) in [6.45, 7) is 7.14. The van der Waals surface area contributed by atoms with Crippen molar-refractivity contribution in [3.8, 4) is 11.8 Å². The number of ether oxygens (including phenoxy) is 2. The molecule has 2 aliphatic heterocycles. The molecule has 0 saturated heterocycles. The van der Waals surface area contributed by atoms with Gasteiger partial charge in [-0.1, -0.05) is 11.1 Å². The summed E-state index contributed by atoms with van der Waals surface area (Å²) in [5.74, 6) is -0.702. The predicted octanol–water partition coefficient (Wildman–Crippen LogP) is 1.90. The lowest BCUT2D eigenvalue weighted by molar-refractivity contribution is -0.128. The second kappa shape index (κ2) is 4.00. The smallest absolute Gasteiger partial charge is 0.347 e. The first-order valence-electron chi connectivity index (χ1n) is 6.12. The second-order valence-corrected chi connectivity index (χ2v) is 5.06. The van der Waals surface area contributed by atoms with Gasteiger partial charge in [-0.25, -0.2) is 19.6 Å². The van der Waals surface area contributed by atoms with E-state index in [1.165, 1.54) is 0 Å². The van der Waals surface area contributed by atoms with Gasteiger partial charge in [0.2, 0.25) is 0 Å². The van der Waals surface area contributed by atoms with Gasteiger partial charge in [0.25, 0.3) is 11.8 Å². The SMILES string of the molecule is CC(C)=C1C(=O)Oc2nc3c(nc21)OC(=O)C3=C(C)C. The van der Waals surface area contributed by atoms with Gasteiger partial charge >= 0.3 is 11.9 Å². The van der Waals surface area contributed by atoms with E-state index >= 15 is 0 Å². The first-order chi connectivity index (χ1) is 9.40. The molecular formula is C14H12N2O4. The van der Waals surface area contributed by atoms with Crippen LogP contribution < -0.4 is 9.47 Å². The standard InChI is InChI=1S/C14H12N2O4/c1-5(2)7-9-11(19-13(7)17)16-10-8(6(3)4)14(18)20-12(10)15-9/h1-4H3. The van der Waals surface area contributed by atoms with Crippen molar-refractivity contribution < 1.29 is 19.1 Å². The first-order valence-corrected chi connectivity index (χ1v) is 6.12. The van der Waals surface area contributed by atoms with Gasteiger partial charge in [0.05, 0.1) is 11.1 Å². The number of fused-ring (bicyclic) bond motifs is 2. The topological polar surface area (TPSA) is 78.4 Å². The average Bonchev–Trinajstić information content (AvgIpc) is 2.79. The molecule has 0 aliphatic carbocycles. The van der Waals surface area contributed by atoms with Gasteiger partial charge in [-0.2, -0.15) is 0 Å². The summed E-state index contributed by atoms with van der Waals surface area (Å²) >= 11 is 0. The predicted molar refractivity (Wildman–Crippen MR) is 69.8 cm³/mol.